The summed E-state index contributed by atoms with van der Waals surface area (Å²) >= 11 is 0. The van der Waals surface area contributed by atoms with Crippen LogP contribution in [0.5, 0.6) is 0 Å². The van der Waals surface area contributed by atoms with Gasteiger partial charge in [-0.15, -0.1) is 0 Å². The number of hydrogen-bond acceptors (Lipinski definition) is 2. The molecule has 0 amide bonds. The van der Waals surface area contributed by atoms with Crippen LogP contribution in [0.2, 0.25) is 0 Å². The molecule has 0 aromatic heterocycles. The maximum absolute atomic E-state index is 5.61. The highest BCUT2D eigenvalue weighted by Crippen LogP contribution is 2.36. The lowest BCUT2D eigenvalue weighted by molar-refractivity contribution is 0.00557. The Bertz CT molecular complexity index is 234. The Hall–Kier alpha value is -0.530. The molecule has 1 aliphatic carbocycles. The highest BCUT2D eigenvalue weighted by atomic mass is 16.6. The zero-order chi connectivity index (χ0) is 10.1. The minimum Gasteiger partial charge on any atom is -0.392 e. The maximum atomic E-state index is 5.61. The number of hydrogen-bond donors (Lipinski definition) is 0. The molecular weight excluding hydrogens is 174 g/mol. The zero-order valence-corrected chi connectivity index (χ0v) is 9.49. The summed E-state index contributed by atoms with van der Waals surface area (Å²) in [5.41, 5.74) is 1.34. The molecule has 0 saturated heterocycles. The molecule has 1 heterocycles. The van der Waals surface area contributed by atoms with Gasteiger partial charge in [-0.3, -0.25) is 0 Å². The zero-order valence-electron chi connectivity index (χ0n) is 9.49. The predicted octanol–water partition coefficient (Wildman–Crippen LogP) is 3.22. The molecule has 1 unspecified atom stereocenters. The van der Waals surface area contributed by atoms with E-state index in [1.807, 2.05) is 0 Å². The highest BCUT2D eigenvalue weighted by Gasteiger charge is 2.39. The maximum Gasteiger partial charge on any atom is 0.138 e. The van der Waals surface area contributed by atoms with Crippen molar-refractivity contribution in [2.24, 2.45) is 22.9 Å². The average molecular weight is 195 g/mol. The van der Waals surface area contributed by atoms with Crippen molar-refractivity contribution in [3.63, 3.8) is 0 Å². The minimum atomic E-state index is 0.366. The second-order valence-electron chi connectivity index (χ2n) is 5.11. The van der Waals surface area contributed by atoms with Crippen molar-refractivity contribution >= 4 is 5.71 Å². The lowest BCUT2D eigenvalue weighted by atomic mass is 9.77. The van der Waals surface area contributed by atoms with Crippen LogP contribution in [-0.4, -0.2) is 11.8 Å². The molecule has 2 aliphatic rings. The van der Waals surface area contributed by atoms with E-state index in [9.17, 15) is 0 Å². The topological polar surface area (TPSA) is 21.6 Å². The monoisotopic (exact) mass is 195 g/mol. The number of oxime groups is 1. The molecule has 1 fully saturated rings. The number of nitrogens with zero attached hydrogens (tertiary/aromatic N) is 1. The van der Waals surface area contributed by atoms with Gasteiger partial charge >= 0.3 is 0 Å². The third-order valence-corrected chi connectivity index (χ3v) is 3.88. The van der Waals surface area contributed by atoms with Gasteiger partial charge in [0.2, 0.25) is 0 Å². The molecule has 2 rings (SSSR count). The summed E-state index contributed by atoms with van der Waals surface area (Å²) < 4.78 is 0. The first-order valence-electron chi connectivity index (χ1n) is 5.92. The van der Waals surface area contributed by atoms with Crippen molar-refractivity contribution in [2.75, 3.05) is 0 Å². The van der Waals surface area contributed by atoms with E-state index >= 15 is 0 Å². The Morgan fingerprint density at radius 2 is 2.07 bits per heavy atom. The van der Waals surface area contributed by atoms with Gasteiger partial charge in [0, 0.05) is 5.92 Å². The fourth-order valence-electron chi connectivity index (χ4n) is 2.53. The number of fused-ring (bicyclic) bond motifs is 1. The normalized spacial score (nSPS) is 33.6. The number of rotatable bonds is 2. The van der Waals surface area contributed by atoms with Crippen LogP contribution in [-0.2, 0) is 4.84 Å². The fraction of sp³-hybridized carbons (Fsp3) is 0.917. The Morgan fingerprint density at radius 3 is 2.79 bits per heavy atom. The van der Waals surface area contributed by atoms with Crippen molar-refractivity contribution in [2.45, 2.75) is 52.6 Å². The summed E-state index contributed by atoms with van der Waals surface area (Å²) in [6.07, 6.45) is 5.49. The molecule has 0 aromatic carbocycles. The van der Waals surface area contributed by atoms with Crippen LogP contribution in [0.25, 0.3) is 0 Å². The van der Waals surface area contributed by atoms with Crippen LogP contribution in [0.1, 0.15) is 46.5 Å². The SMILES string of the molecule is CC(C)C(C)[C@@H]1ON=C2CCCC[C@H]21. The van der Waals surface area contributed by atoms with Gasteiger partial charge in [-0.2, -0.15) is 0 Å². The molecule has 0 spiro atoms. The predicted molar refractivity (Wildman–Crippen MR) is 58.3 cm³/mol. The molecule has 1 aliphatic heterocycles. The molecule has 14 heavy (non-hydrogen) atoms. The highest BCUT2D eigenvalue weighted by molar-refractivity contribution is 5.88. The van der Waals surface area contributed by atoms with Gasteiger partial charge in [0.15, 0.2) is 0 Å². The van der Waals surface area contributed by atoms with Crippen LogP contribution in [0.15, 0.2) is 5.16 Å². The van der Waals surface area contributed by atoms with Gasteiger partial charge < -0.3 is 4.84 Å². The van der Waals surface area contributed by atoms with Crippen LogP contribution in [0.4, 0.5) is 0 Å². The summed E-state index contributed by atoms with van der Waals surface area (Å²) in [5.74, 6) is 1.96. The molecule has 1 saturated carbocycles. The van der Waals surface area contributed by atoms with Crippen molar-refractivity contribution in [1.29, 1.82) is 0 Å². The van der Waals surface area contributed by atoms with Gasteiger partial charge in [0.25, 0.3) is 0 Å². The summed E-state index contributed by atoms with van der Waals surface area (Å²) in [5, 5.41) is 4.26. The van der Waals surface area contributed by atoms with Crippen molar-refractivity contribution < 1.29 is 4.84 Å². The summed E-state index contributed by atoms with van der Waals surface area (Å²) in [6.45, 7) is 6.84. The molecule has 0 radical (unpaired) electrons. The van der Waals surface area contributed by atoms with Crippen LogP contribution >= 0.6 is 0 Å². The van der Waals surface area contributed by atoms with Crippen molar-refractivity contribution in [3.8, 4) is 0 Å². The van der Waals surface area contributed by atoms with E-state index in [0.717, 1.165) is 0 Å². The van der Waals surface area contributed by atoms with Crippen LogP contribution in [0, 0.1) is 17.8 Å². The van der Waals surface area contributed by atoms with Gasteiger partial charge in [-0.05, 0) is 31.1 Å². The molecule has 2 nitrogen and oxygen atoms in total. The fourth-order valence-corrected chi connectivity index (χ4v) is 2.53. The lowest BCUT2D eigenvalue weighted by Crippen LogP contribution is -2.33. The molecule has 0 aromatic rings. The van der Waals surface area contributed by atoms with E-state index < -0.39 is 0 Å². The second-order valence-corrected chi connectivity index (χ2v) is 5.11. The molecule has 0 N–H and O–H groups in total. The lowest BCUT2D eigenvalue weighted by Gasteiger charge is -2.28. The van der Waals surface area contributed by atoms with Crippen LogP contribution < -0.4 is 0 Å². The second kappa shape index (κ2) is 3.92. The Balaban J connectivity index is 2.03. The summed E-state index contributed by atoms with van der Waals surface area (Å²) in [7, 11) is 0. The Morgan fingerprint density at radius 1 is 1.29 bits per heavy atom. The van der Waals surface area contributed by atoms with E-state index in [2.05, 4.69) is 25.9 Å². The summed E-state index contributed by atoms with van der Waals surface area (Å²) in [6, 6.07) is 0. The standard InChI is InChI=1S/C12H21NO/c1-8(2)9(3)12-10-6-4-5-7-11(10)13-14-12/h8-10,12H,4-7H2,1-3H3/t9?,10-,12+/m1/s1. The van der Waals surface area contributed by atoms with Gasteiger partial charge in [-0.1, -0.05) is 32.3 Å². The quantitative estimate of drug-likeness (QED) is 0.663. The van der Waals surface area contributed by atoms with Gasteiger partial charge in [0.1, 0.15) is 6.10 Å². The minimum absolute atomic E-state index is 0.366. The smallest absolute Gasteiger partial charge is 0.138 e. The third kappa shape index (κ3) is 1.67. The summed E-state index contributed by atoms with van der Waals surface area (Å²) in [4.78, 5) is 5.61. The molecular formula is C12H21NO. The Labute approximate surface area is 86.7 Å². The van der Waals surface area contributed by atoms with E-state index in [0.29, 0.717) is 23.9 Å². The van der Waals surface area contributed by atoms with E-state index in [4.69, 9.17) is 4.84 Å². The Kier molecular flexibility index (Phi) is 2.80. The molecule has 2 heteroatoms. The molecule has 80 valence electrons. The van der Waals surface area contributed by atoms with E-state index in [1.54, 1.807) is 0 Å². The first-order chi connectivity index (χ1) is 6.70. The third-order valence-electron chi connectivity index (χ3n) is 3.88. The van der Waals surface area contributed by atoms with Crippen molar-refractivity contribution in [1.82, 2.24) is 0 Å². The molecule has 3 atom stereocenters. The van der Waals surface area contributed by atoms with Crippen LogP contribution in [0.3, 0.4) is 0 Å². The van der Waals surface area contributed by atoms with Gasteiger partial charge in [0.05, 0.1) is 5.71 Å². The first-order valence-corrected chi connectivity index (χ1v) is 5.92. The largest absolute Gasteiger partial charge is 0.392 e. The average Bonchev–Trinajstić information content (AvgIpc) is 2.60. The molecule has 0 bridgehead atoms. The first kappa shape index (κ1) is 10.0. The van der Waals surface area contributed by atoms with Crippen molar-refractivity contribution in [3.05, 3.63) is 0 Å². The van der Waals surface area contributed by atoms with Gasteiger partial charge in [-0.25, -0.2) is 0 Å². The van der Waals surface area contributed by atoms with E-state index in [-0.39, 0.29) is 0 Å². The van der Waals surface area contributed by atoms with E-state index in [1.165, 1.54) is 31.4 Å².